The van der Waals surface area contributed by atoms with E-state index < -0.39 is 0 Å². The summed E-state index contributed by atoms with van der Waals surface area (Å²) in [6.07, 6.45) is 3.47. The van der Waals surface area contributed by atoms with E-state index in [1.807, 2.05) is 12.1 Å². The summed E-state index contributed by atoms with van der Waals surface area (Å²) in [4.78, 5) is 5.59. The molecule has 0 atom stereocenters. The van der Waals surface area contributed by atoms with Gasteiger partial charge in [-0.1, -0.05) is 6.58 Å². The zero-order chi connectivity index (χ0) is 14.9. The van der Waals surface area contributed by atoms with Gasteiger partial charge in [0.1, 0.15) is 13.1 Å². The van der Waals surface area contributed by atoms with E-state index >= 15 is 0 Å². The molecule has 1 fully saturated rings. The average Bonchev–Trinajstić information content (AvgIpc) is 2.54. The smallest absolute Gasteiger partial charge is 0.185 e. The Bertz CT molecular complexity index is 462. The normalized spacial score (nSPS) is 15.2. The van der Waals surface area contributed by atoms with Gasteiger partial charge in [-0.15, -0.1) is 0 Å². The molecule has 0 aromatic carbocycles. The maximum absolute atomic E-state index is 5.33. The largest absolute Gasteiger partial charge is 0.370 e. The first-order valence-electron chi connectivity index (χ1n) is 7.06. The highest BCUT2D eigenvalue weighted by Crippen LogP contribution is 2.04. The summed E-state index contributed by atoms with van der Waals surface area (Å²) in [7, 11) is 0. The molecule has 1 aromatic rings. The maximum atomic E-state index is 5.33. The molecule has 21 heavy (non-hydrogen) atoms. The van der Waals surface area contributed by atoms with Crippen LogP contribution >= 0.6 is 12.2 Å². The van der Waals surface area contributed by atoms with Crippen molar-refractivity contribution in [2.24, 2.45) is 0 Å². The highest BCUT2D eigenvalue weighted by molar-refractivity contribution is 7.80. The fraction of sp³-hybridized carbons (Fsp3) is 0.429. The number of hydrogen-bond donors (Lipinski definition) is 4. The zero-order valence-electron chi connectivity index (χ0n) is 12.0. The number of ether oxygens (including phenoxy) is 1. The molecule has 1 aliphatic rings. The second kappa shape index (κ2) is 8.56. The van der Waals surface area contributed by atoms with Crippen molar-refractivity contribution >= 4 is 23.0 Å². The lowest BCUT2D eigenvalue weighted by molar-refractivity contribution is -0.906. The van der Waals surface area contributed by atoms with Gasteiger partial charge < -0.3 is 15.0 Å². The molecular weight excluding hydrogens is 286 g/mol. The van der Waals surface area contributed by atoms with E-state index in [-0.39, 0.29) is 0 Å². The average molecular weight is 308 g/mol. The third-order valence-corrected chi connectivity index (χ3v) is 3.55. The molecule has 1 saturated heterocycles. The van der Waals surface area contributed by atoms with Crippen LogP contribution in [0.1, 0.15) is 5.56 Å². The Hall–Kier alpha value is -1.70. The molecule has 0 unspecified atom stereocenters. The minimum atomic E-state index is 0.563. The van der Waals surface area contributed by atoms with Crippen LogP contribution in [0.3, 0.4) is 0 Å². The number of thiocarbonyl (C=S) groups is 1. The lowest BCUT2D eigenvalue weighted by Gasteiger charge is -2.24. The predicted octanol–water partition coefficient (Wildman–Crippen LogP) is -1.06. The Morgan fingerprint density at radius 1 is 1.38 bits per heavy atom. The standard InChI is InChI=1S/C14H21N5OS/c1-12(13-3-2-4-15-11-13)17-18-14(21)16-5-6-19-7-9-20-10-8-19/h2-4,11,17H,1,5-10H2,(H2,16,18,21)/p+1. The highest BCUT2D eigenvalue weighted by Gasteiger charge is 2.12. The van der Waals surface area contributed by atoms with Crippen LogP contribution in [0.15, 0.2) is 31.1 Å². The number of hydrogen-bond acceptors (Lipinski definition) is 4. The zero-order valence-corrected chi connectivity index (χ0v) is 12.8. The topological polar surface area (TPSA) is 62.6 Å². The molecule has 1 aliphatic heterocycles. The molecule has 2 heterocycles. The van der Waals surface area contributed by atoms with E-state index in [0.29, 0.717) is 5.11 Å². The summed E-state index contributed by atoms with van der Waals surface area (Å²) in [6.45, 7) is 9.64. The van der Waals surface area contributed by atoms with Gasteiger partial charge in [0.05, 0.1) is 32.0 Å². The number of quaternary nitrogens is 1. The van der Waals surface area contributed by atoms with Crippen LogP contribution in [-0.2, 0) is 4.74 Å². The van der Waals surface area contributed by atoms with E-state index in [9.17, 15) is 0 Å². The fourth-order valence-corrected chi connectivity index (χ4v) is 2.21. The number of rotatable bonds is 6. The molecule has 0 bridgehead atoms. The predicted molar refractivity (Wildman–Crippen MR) is 86.5 cm³/mol. The van der Waals surface area contributed by atoms with Gasteiger partial charge in [-0.25, -0.2) is 0 Å². The lowest BCUT2D eigenvalue weighted by atomic mass is 10.2. The minimum Gasteiger partial charge on any atom is -0.370 e. The highest BCUT2D eigenvalue weighted by atomic mass is 32.1. The monoisotopic (exact) mass is 308 g/mol. The van der Waals surface area contributed by atoms with Crippen molar-refractivity contribution in [3.05, 3.63) is 36.7 Å². The molecule has 0 aliphatic carbocycles. The molecule has 0 amide bonds. The van der Waals surface area contributed by atoms with Crippen molar-refractivity contribution in [2.75, 3.05) is 39.4 Å². The number of morpholine rings is 1. The van der Waals surface area contributed by atoms with Crippen molar-refractivity contribution in [2.45, 2.75) is 0 Å². The van der Waals surface area contributed by atoms with Crippen molar-refractivity contribution < 1.29 is 9.64 Å². The molecule has 1 aromatic heterocycles. The second-order valence-electron chi connectivity index (χ2n) is 4.84. The number of pyridine rings is 1. The molecule has 2 rings (SSSR count). The van der Waals surface area contributed by atoms with Crippen LogP contribution in [0, 0.1) is 0 Å². The van der Waals surface area contributed by atoms with Crippen molar-refractivity contribution in [3.8, 4) is 0 Å². The maximum Gasteiger partial charge on any atom is 0.185 e. The van der Waals surface area contributed by atoms with Crippen LogP contribution in [0.5, 0.6) is 0 Å². The number of nitrogens with zero attached hydrogens (tertiary/aromatic N) is 1. The van der Waals surface area contributed by atoms with Gasteiger partial charge in [0, 0.05) is 18.0 Å². The van der Waals surface area contributed by atoms with E-state index in [1.54, 1.807) is 17.3 Å². The Morgan fingerprint density at radius 3 is 2.90 bits per heavy atom. The Kier molecular flexibility index (Phi) is 6.39. The summed E-state index contributed by atoms with van der Waals surface area (Å²) in [6, 6.07) is 3.80. The van der Waals surface area contributed by atoms with Crippen LogP contribution in [0.4, 0.5) is 0 Å². The van der Waals surface area contributed by atoms with Crippen LogP contribution < -0.4 is 21.1 Å². The van der Waals surface area contributed by atoms with E-state index in [0.717, 1.165) is 50.7 Å². The van der Waals surface area contributed by atoms with E-state index in [2.05, 4.69) is 27.7 Å². The summed E-state index contributed by atoms with van der Waals surface area (Å²) in [5.74, 6) is 0. The van der Waals surface area contributed by atoms with E-state index in [4.69, 9.17) is 17.0 Å². The van der Waals surface area contributed by atoms with Crippen molar-refractivity contribution in [3.63, 3.8) is 0 Å². The molecule has 6 nitrogen and oxygen atoms in total. The molecule has 0 saturated carbocycles. The summed E-state index contributed by atoms with van der Waals surface area (Å²) in [5, 5.41) is 3.74. The van der Waals surface area contributed by atoms with Gasteiger partial charge in [0.2, 0.25) is 0 Å². The molecule has 0 spiro atoms. The molecule has 7 heteroatoms. The third-order valence-electron chi connectivity index (χ3n) is 3.30. The second-order valence-corrected chi connectivity index (χ2v) is 5.25. The fourth-order valence-electron chi connectivity index (χ4n) is 2.05. The first-order chi connectivity index (χ1) is 10.3. The minimum absolute atomic E-state index is 0.563. The van der Waals surface area contributed by atoms with Gasteiger partial charge in [0.15, 0.2) is 5.11 Å². The molecular formula is C14H22N5OS+. The molecule has 0 radical (unpaired) electrons. The van der Waals surface area contributed by atoms with E-state index in [1.165, 1.54) is 0 Å². The molecule has 114 valence electrons. The van der Waals surface area contributed by atoms with Gasteiger partial charge in [-0.2, -0.15) is 0 Å². The first kappa shape index (κ1) is 15.7. The Balaban J connectivity index is 1.60. The van der Waals surface area contributed by atoms with Gasteiger partial charge in [-0.3, -0.25) is 15.8 Å². The Labute approximate surface area is 130 Å². The van der Waals surface area contributed by atoms with Crippen LogP contribution in [0.2, 0.25) is 0 Å². The van der Waals surface area contributed by atoms with Gasteiger partial charge >= 0.3 is 0 Å². The van der Waals surface area contributed by atoms with Crippen molar-refractivity contribution in [1.29, 1.82) is 0 Å². The summed E-state index contributed by atoms with van der Waals surface area (Å²) >= 11 is 5.21. The number of aromatic nitrogens is 1. The third kappa shape index (κ3) is 5.66. The van der Waals surface area contributed by atoms with Crippen molar-refractivity contribution in [1.82, 2.24) is 21.2 Å². The van der Waals surface area contributed by atoms with Gasteiger partial charge in [0.25, 0.3) is 0 Å². The summed E-state index contributed by atoms with van der Waals surface area (Å²) in [5.41, 5.74) is 7.55. The summed E-state index contributed by atoms with van der Waals surface area (Å²) < 4.78 is 5.33. The first-order valence-corrected chi connectivity index (χ1v) is 7.47. The number of hydrazine groups is 1. The SMILES string of the molecule is C=C(NNC(=S)NCC[NH+]1CCOCC1)c1cccnc1. The molecule has 4 N–H and O–H groups in total. The van der Waals surface area contributed by atoms with Crippen LogP contribution in [0.25, 0.3) is 5.70 Å². The van der Waals surface area contributed by atoms with Crippen LogP contribution in [-0.4, -0.2) is 49.5 Å². The quantitative estimate of drug-likeness (QED) is 0.397. The number of nitrogens with one attached hydrogen (secondary N) is 4. The Morgan fingerprint density at radius 2 is 2.19 bits per heavy atom. The van der Waals surface area contributed by atoms with Gasteiger partial charge in [-0.05, 0) is 24.4 Å². The lowest BCUT2D eigenvalue weighted by Crippen LogP contribution is -3.14.